The first-order valence-corrected chi connectivity index (χ1v) is 7.13. The van der Waals surface area contributed by atoms with E-state index in [0.717, 1.165) is 16.5 Å². The number of rotatable bonds is 2. The highest BCUT2D eigenvalue weighted by Crippen LogP contribution is 2.32. The van der Waals surface area contributed by atoms with Gasteiger partial charge in [-0.25, -0.2) is 0 Å². The van der Waals surface area contributed by atoms with Gasteiger partial charge in [0, 0.05) is 31.2 Å². The summed E-state index contributed by atoms with van der Waals surface area (Å²) in [7, 11) is 1.88. The van der Waals surface area contributed by atoms with E-state index in [-0.39, 0.29) is 17.7 Å². The number of carbonyl (C=O) groups excluding carboxylic acids is 2. The molecule has 0 aromatic carbocycles. The van der Waals surface area contributed by atoms with Crippen LogP contribution in [0.2, 0.25) is 0 Å². The largest absolute Gasteiger partial charge is 0.296 e. The minimum Gasteiger partial charge on any atom is -0.296 e. The first kappa shape index (κ1) is 13.7. The molecular formula is C15H18N4O2. The Morgan fingerprint density at radius 1 is 1.33 bits per heavy atom. The predicted molar refractivity (Wildman–Crippen MR) is 77.7 cm³/mol. The molecule has 1 fully saturated rings. The zero-order valence-corrected chi connectivity index (χ0v) is 12.4. The van der Waals surface area contributed by atoms with Gasteiger partial charge in [0.15, 0.2) is 0 Å². The zero-order valence-electron chi connectivity index (χ0n) is 12.4. The molecule has 2 aromatic rings. The molecule has 1 saturated heterocycles. The van der Waals surface area contributed by atoms with Crippen molar-refractivity contribution in [1.82, 2.24) is 20.1 Å². The molecule has 6 heteroatoms. The molecule has 1 N–H and O–H groups in total. The molecule has 0 radical (unpaired) electrons. The van der Waals surface area contributed by atoms with E-state index in [0.29, 0.717) is 24.5 Å². The van der Waals surface area contributed by atoms with E-state index >= 15 is 0 Å². The second-order valence-corrected chi connectivity index (χ2v) is 5.79. The Hall–Kier alpha value is -2.24. The van der Waals surface area contributed by atoms with Crippen molar-refractivity contribution in [3.63, 3.8) is 0 Å². The molecule has 0 spiro atoms. The van der Waals surface area contributed by atoms with Gasteiger partial charge < -0.3 is 0 Å². The summed E-state index contributed by atoms with van der Waals surface area (Å²) >= 11 is 0. The number of nitrogens with one attached hydrogen (secondary N) is 1. The minimum absolute atomic E-state index is 0.211. The number of aryl methyl sites for hydroxylation is 1. The van der Waals surface area contributed by atoms with Crippen LogP contribution in [0.1, 0.15) is 49.8 Å². The van der Waals surface area contributed by atoms with Gasteiger partial charge in [0.05, 0.1) is 17.1 Å². The van der Waals surface area contributed by atoms with Crippen LogP contribution in [0.4, 0.5) is 0 Å². The van der Waals surface area contributed by atoms with Crippen molar-refractivity contribution < 1.29 is 9.59 Å². The lowest BCUT2D eigenvalue weighted by molar-refractivity contribution is -0.134. The first-order chi connectivity index (χ1) is 9.99. The lowest BCUT2D eigenvalue weighted by atomic mass is 9.92. The van der Waals surface area contributed by atoms with Crippen molar-refractivity contribution in [3.8, 4) is 0 Å². The molecule has 1 aliphatic rings. The summed E-state index contributed by atoms with van der Waals surface area (Å²) in [6, 6.07) is 0. The molecule has 1 aliphatic heterocycles. The van der Waals surface area contributed by atoms with Crippen LogP contribution in [-0.4, -0.2) is 26.6 Å². The molecule has 3 rings (SSSR count). The highest BCUT2D eigenvalue weighted by atomic mass is 16.2. The maximum atomic E-state index is 12.1. The van der Waals surface area contributed by atoms with E-state index in [2.05, 4.69) is 29.2 Å². The Balaban J connectivity index is 2.14. The second kappa shape index (κ2) is 4.95. The summed E-state index contributed by atoms with van der Waals surface area (Å²) in [6.45, 7) is 4.21. The van der Waals surface area contributed by atoms with Crippen LogP contribution in [0, 0.1) is 0 Å². The van der Waals surface area contributed by atoms with Crippen LogP contribution in [0.5, 0.6) is 0 Å². The second-order valence-electron chi connectivity index (χ2n) is 5.79. The van der Waals surface area contributed by atoms with E-state index in [4.69, 9.17) is 0 Å². The quantitative estimate of drug-likeness (QED) is 0.851. The number of pyridine rings is 1. The average molecular weight is 286 g/mol. The molecule has 6 nitrogen and oxygen atoms in total. The van der Waals surface area contributed by atoms with Gasteiger partial charge in [-0.1, -0.05) is 13.8 Å². The van der Waals surface area contributed by atoms with Gasteiger partial charge >= 0.3 is 0 Å². The highest BCUT2D eigenvalue weighted by Gasteiger charge is 2.32. The number of hydrogen-bond donors (Lipinski definition) is 1. The normalized spacial score (nSPS) is 19.3. The van der Waals surface area contributed by atoms with Crippen LogP contribution >= 0.6 is 0 Å². The number of aromatic nitrogens is 3. The summed E-state index contributed by atoms with van der Waals surface area (Å²) < 4.78 is 1.81. The lowest BCUT2D eigenvalue weighted by Gasteiger charge is -2.19. The number of nitrogens with zero attached hydrogens (tertiary/aromatic N) is 3. The smallest absolute Gasteiger partial charge is 0.235 e. The number of fused-ring (bicyclic) bond motifs is 1. The van der Waals surface area contributed by atoms with Crippen molar-refractivity contribution in [2.75, 3.05) is 0 Å². The van der Waals surface area contributed by atoms with Gasteiger partial charge in [0.2, 0.25) is 11.8 Å². The third-order valence-corrected chi connectivity index (χ3v) is 3.99. The minimum atomic E-state index is -0.379. The number of amides is 2. The highest BCUT2D eigenvalue weighted by molar-refractivity contribution is 6.02. The average Bonchev–Trinajstić information content (AvgIpc) is 2.76. The zero-order chi connectivity index (χ0) is 15.1. The molecule has 110 valence electrons. The lowest BCUT2D eigenvalue weighted by Crippen LogP contribution is -2.39. The third-order valence-electron chi connectivity index (χ3n) is 3.99. The monoisotopic (exact) mass is 286 g/mol. The molecule has 2 amide bonds. The number of piperidine rings is 1. The van der Waals surface area contributed by atoms with Crippen LogP contribution in [0.3, 0.4) is 0 Å². The fourth-order valence-electron chi connectivity index (χ4n) is 2.92. The first-order valence-electron chi connectivity index (χ1n) is 7.13. The molecule has 3 heterocycles. The van der Waals surface area contributed by atoms with Crippen molar-refractivity contribution in [2.45, 2.75) is 38.5 Å². The van der Waals surface area contributed by atoms with Crippen molar-refractivity contribution in [3.05, 3.63) is 23.7 Å². The Morgan fingerprint density at radius 3 is 2.76 bits per heavy atom. The molecule has 0 bridgehead atoms. The van der Waals surface area contributed by atoms with Crippen LogP contribution in [0.15, 0.2) is 12.4 Å². The summed E-state index contributed by atoms with van der Waals surface area (Å²) in [5.41, 5.74) is 2.84. The van der Waals surface area contributed by atoms with Crippen molar-refractivity contribution >= 4 is 22.7 Å². The van der Waals surface area contributed by atoms with Crippen molar-refractivity contribution in [1.29, 1.82) is 0 Å². The SMILES string of the molecule is CC(C)c1cncc2c(C3CCC(=O)NC3=O)nn(C)c12. The number of imide groups is 1. The molecule has 1 atom stereocenters. The molecule has 0 saturated carbocycles. The van der Waals surface area contributed by atoms with Crippen LogP contribution in [-0.2, 0) is 16.6 Å². The fraction of sp³-hybridized carbons (Fsp3) is 0.467. The maximum Gasteiger partial charge on any atom is 0.235 e. The molecule has 0 aliphatic carbocycles. The molecule has 21 heavy (non-hydrogen) atoms. The Bertz CT molecular complexity index is 733. The van der Waals surface area contributed by atoms with Gasteiger partial charge in [-0.2, -0.15) is 5.10 Å². The van der Waals surface area contributed by atoms with E-state index in [1.165, 1.54) is 0 Å². The summed E-state index contributed by atoms with van der Waals surface area (Å²) in [4.78, 5) is 27.7. The van der Waals surface area contributed by atoms with Gasteiger partial charge in [0.25, 0.3) is 0 Å². The van der Waals surface area contributed by atoms with Gasteiger partial charge in [-0.15, -0.1) is 0 Å². The summed E-state index contributed by atoms with van der Waals surface area (Å²) in [5, 5.41) is 7.83. The molecule has 2 aromatic heterocycles. The molecule has 1 unspecified atom stereocenters. The Morgan fingerprint density at radius 2 is 2.10 bits per heavy atom. The predicted octanol–water partition coefficient (Wildman–Crippen LogP) is 1.61. The Labute approximate surface area is 122 Å². The number of carbonyl (C=O) groups is 2. The van der Waals surface area contributed by atoms with Gasteiger partial charge in [-0.3, -0.25) is 24.6 Å². The maximum absolute atomic E-state index is 12.1. The van der Waals surface area contributed by atoms with Gasteiger partial charge in [0.1, 0.15) is 0 Å². The van der Waals surface area contributed by atoms with E-state index in [1.54, 1.807) is 6.20 Å². The van der Waals surface area contributed by atoms with Crippen molar-refractivity contribution in [2.24, 2.45) is 7.05 Å². The Kier molecular flexibility index (Phi) is 3.23. The summed E-state index contributed by atoms with van der Waals surface area (Å²) in [6.07, 6.45) is 4.46. The van der Waals surface area contributed by atoms with E-state index in [1.807, 2.05) is 17.9 Å². The topological polar surface area (TPSA) is 76.9 Å². The van der Waals surface area contributed by atoms with Crippen LogP contribution in [0.25, 0.3) is 10.9 Å². The molecular weight excluding hydrogens is 268 g/mol. The number of hydrogen-bond acceptors (Lipinski definition) is 4. The van der Waals surface area contributed by atoms with Crippen LogP contribution < -0.4 is 5.32 Å². The summed E-state index contributed by atoms with van der Waals surface area (Å²) in [5.74, 6) is -0.527. The fourth-order valence-corrected chi connectivity index (χ4v) is 2.92. The van der Waals surface area contributed by atoms with E-state index < -0.39 is 0 Å². The van der Waals surface area contributed by atoms with Gasteiger partial charge in [-0.05, 0) is 17.9 Å². The third kappa shape index (κ3) is 2.20. The van der Waals surface area contributed by atoms with E-state index in [9.17, 15) is 9.59 Å². The standard InChI is InChI=1S/C15H18N4O2/c1-8(2)10-6-16-7-11-13(18-19(3)14(10)11)9-4-5-12(20)17-15(9)21/h6-9H,4-5H2,1-3H3,(H,17,20,21).